The van der Waals surface area contributed by atoms with Crippen LogP contribution in [0.3, 0.4) is 0 Å². The molecule has 0 radical (unpaired) electrons. The van der Waals surface area contributed by atoms with Gasteiger partial charge < -0.3 is 9.88 Å². The second-order valence-electron chi connectivity index (χ2n) is 6.18. The topological polar surface area (TPSA) is 37.3 Å². The summed E-state index contributed by atoms with van der Waals surface area (Å²) in [6, 6.07) is 5.91. The molecule has 20 heavy (non-hydrogen) atoms. The molecule has 1 aliphatic heterocycles. The SMILES string of the molecule is CCC1(C)CN(CCn2ccccc2=O)C(C)CCN1. The van der Waals surface area contributed by atoms with E-state index in [0.717, 1.165) is 32.6 Å². The Morgan fingerprint density at radius 3 is 2.90 bits per heavy atom. The van der Waals surface area contributed by atoms with E-state index < -0.39 is 0 Å². The Labute approximate surface area is 121 Å². The Hall–Kier alpha value is -1.13. The van der Waals surface area contributed by atoms with Crippen LogP contribution >= 0.6 is 0 Å². The molecule has 1 aromatic rings. The first-order valence-corrected chi connectivity index (χ1v) is 7.68. The zero-order chi connectivity index (χ0) is 14.6. The second-order valence-corrected chi connectivity index (χ2v) is 6.18. The number of hydrogen-bond acceptors (Lipinski definition) is 3. The van der Waals surface area contributed by atoms with Crippen molar-refractivity contribution in [1.82, 2.24) is 14.8 Å². The summed E-state index contributed by atoms with van der Waals surface area (Å²) in [4.78, 5) is 14.3. The van der Waals surface area contributed by atoms with Crippen LogP contribution in [-0.2, 0) is 6.54 Å². The number of nitrogens with zero attached hydrogens (tertiary/aromatic N) is 2. The van der Waals surface area contributed by atoms with Gasteiger partial charge in [-0.25, -0.2) is 0 Å². The van der Waals surface area contributed by atoms with Gasteiger partial charge in [0.25, 0.3) is 5.56 Å². The van der Waals surface area contributed by atoms with E-state index in [0.29, 0.717) is 6.04 Å². The minimum Gasteiger partial charge on any atom is -0.314 e. The maximum Gasteiger partial charge on any atom is 0.250 e. The predicted molar refractivity (Wildman–Crippen MR) is 83.1 cm³/mol. The zero-order valence-corrected chi connectivity index (χ0v) is 12.9. The van der Waals surface area contributed by atoms with Gasteiger partial charge in [0.1, 0.15) is 0 Å². The van der Waals surface area contributed by atoms with Crippen molar-refractivity contribution in [3.05, 3.63) is 34.7 Å². The standard InChI is InChI=1S/C16H27N3O/c1-4-16(3)13-19(14(2)8-9-17-16)12-11-18-10-6-5-7-15(18)20/h5-7,10,14,17H,4,8-9,11-13H2,1-3H3. The summed E-state index contributed by atoms with van der Waals surface area (Å²) in [5.41, 5.74) is 0.276. The third-order valence-corrected chi connectivity index (χ3v) is 4.60. The molecule has 1 aliphatic rings. The Bertz CT molecular complexity index is 485. The third kappa shape index (κ3) is 3.70. The fourth-order valence-electron chi connectivity index (χ4n) is 2.84. The quantitative estimate of drug-likeness (QED) is 0.910. The van der Waals surface area contributed by atoms with Crippen molar-refractivity contribution < 1.29 is 0 Å². The average molecular weight is 277 g/mol. The van der Waals surface area contributed by atoms with Gasteiger partial charge in [-0.05, 0) is 39.3 Å². The van der Waals surface area contributed by atoms with Crippen LogP contribution in [0.15, 0.2) is 29.2 Å². The van der Waals surface area contributed by atoms with E-state index in [1.165, 1.54) is 6.42 Å². The summed E-state index contributed by atoms with van der Waals surface area (Å²) in [5, 5.41) is 3.67. The highest BCUT2D eigenvalue weighted by atomic mass is 16.1. The van der Waals surface area contributed by atoms with E-state index in [1.54, 1.807) is 16.7 Å². The molecule has 0 spiro atoms. The normalized spacial score (nSPS) is 28.2. The highest BCUT2D eigenvalue weighted by molar-refractivity contribution is 4.94. The molecule has 0 amide bonds. The van der Waals surface area contributed by atoms with Crippen molar-refractivity contribution in [2.24, 2.45) is 0 Å². The molecule has 1 fully saturated rings. The van der Waals surface area contributed by atoms with Gasteiger partial charge in [-0.1, -0.05) is 13.0 Å². The molecule has 2 heterocycles. The summed E-state index contributed by atoms with van der Waals surface area (Å²) in [6.45, 7) is 10.7. The van der Waals surface area contributed by atoms with Gasteiger partial charge in [0.15, 0.2) is 0 Å². The van der Waals surface area contributed by atoms with Crippen molar-refractivity contribution in [3.8, 4) is 0 Å². The molecule has 2 unspecified atom stereocenters. The highest BCUT2D eigenvalue weighted by Gasteiger charge is 2.29. The fraction of sp³-hybridized carbons (Fsp3) is 0.688. The summed E-state index contributed by atoms with van der Waals surface area (Å²) < 4.78 is 1.80. The minimum atomic E-state index is 0.0892. The molecular formula is C16H27N3O. The Balaban J connectivity index is 2.02. The molecule has 4 heteroatoms. The Kier molecular flexibility index (Phi) is 5.00. The van der Waals surface area contributed by atoms with E-state index in [-0.39, 0.29) is 11.1 Å². The van der Waals surface area contributed by atoms with Crippen LogP contribution in [0, 0.1) is 0 Å². The molecule has 0 aliphatic carbocycles. The molecule has 112 valence electrons. The number of hydrogen-bond donors (Lipinski definition) is 1. The second kappa shape index (κ2) is 6.55. The lowest BCUT2D eigenvalue weighted by Crippen LogP contribution is -2.50. The van der Waals surface area contributed by atoms with Crippen molar-refractivity contribution in [2.75, 3.05) is 19.6 Å². The van der Waals surface area contributed by atoms with Gasteiger partial charge in [0.05, 0.1) is 0 Å². The van der Waals surface area contributed by atoms with Crippen LogP contribution in [-0.4, -0.2) is 40.7 Å². The first kappa shape index (κ1) is 15.3. The van der Waals surface area contributed by atoms with Gasteiger partial charge in [0, 0.05) is 43.5 Å². The van der Waals surface area contributed by atoms with Crippen LogP contribution in [0.2, 0.25) is 0 Å². The lowest BCUT2D eigenvalue weighted by Gasteiger charge is -2.35. The molecule has 1 N–H and O–H groups in total. The smallest absolute Gasteiger partial charge is 0.250 e. The van der Waals surface area contributed by atoms with Crippen LogP contribution in [0.5, 0.6) is 0 Å². The van der Waals surface area contributed by atoms with Gasteiger partial charge in [0.2, 0.25) is 0 Å². The van der Waals surface area contributed by atoms with Crippen LogP contribution in [0.4, 0.5) is 0 Å². The van der Waals surface area contributed by atoms with Gasteiger partial charge in [-0.2, -0.15) is 0 Å². The number of pyridine rings is 1. The molecule has 1 saturated heterocycles. The maximum atomic E-state index is 11.8. The van der Waals surface area contributed by atoms with Crippen LogP contribution in [0.25, 0.3) is 0 Å². The van der Waals surface area contributed by atoms with Gasteiger partial charge >= 0.3 is 0 Å². The summed E-state index contributed by atoms with van der Waals surface area (Å²) in [7, 11) is 0. The molecule has 2 rings (SSSR count). The largest absolute Gasteiger partial charge is 0.314 e. The Morgan fingerprint density at radius 2 is 2.20 bits per heavy atom. The minimum absolute atomic E-state index is 0.0892. The van der Waals surface area contributed by atoms with Crippen molar-refractivity contribution in [1.29, 1.82) is 0 Å². The molecule has 4 nitrogen and oxygen atoms in total. The monoisotopic (exact) mass is 277 g/mol. The lowest BCUT2D eigenvalue weighted by atomic mass is 9.98. The van der Waals surface area contributed by atoms with E-state index >= 15 is 0 Å². The first-order chi connectivity index (χ1) is 9.54. The first-order valence-electron chi connectivity index (χ1n) is 7.68. The fourth-order valence-corrected chi connectivity index (χ4v) is 2.84. The third-order valence-electron chi connectivity index (χ3n) is 4.60. The molecular weight excluding hydrogens is 250 g/mol. The van der Waals surface area contributed by atoms with Gasteiger partial charge in [-0.3, -0.25) is 9.69 Å². The van der Waals surface area contributed by atoms with Gasteiger partial charge in [-0.15, -0.1) is 0 Å². The Morgan fingerprint density at radius 1 is 1.40 bits per heavy atom. The van der Waals surface area contributed by atoms with Crippen LogP contribution < -0.4 is 10.9 Å². The zero-order valence-electron chi connectivity index (χ0n) is 12.9. The van der Waals surface area contributed by atoms with Crippen LogP contribution in [0.1, 0.15) is 33.6 Å². The van der Waals surface area contributed by atoms with E-state index in [1.807, 2.05) is 12.3 Å². The molecule has 1 aromatic heterocycles. The van der Waals surface area contributed by atoms with E-state index in [9.17, 15) is 4.79 Å². The summed E-state index contributed by atoms with van der Waals surface area (Å²) in [6.07, 6.45) is 4.17. The van der Waals surface area contributed by atoms with E-state index in [4.69, 9.17) is 0 Å². The summed E-state index contributed by atoms with van der Waals surface area (Å²) >= 11 is 0. The predicted octanol–water partition coefficient (Wildman–Crippen LogP) is 1.70. The van der Waals surface area contributed by atoms with Crippen molar-refractivity contribution in [3.63, 3.8) is 0 Å². The van der Waals surface area contributed by atoms with Crippen molar-refractivity contribution in [2.45, 2.75) is 51.7 Å². The number of nitrogens with one attached hydrogen (secondary N) is 1. The average Bonchev–Trinajstić information content (AvgIpc) is 2.58. The highest BCUT2D eigenvalue weighted by Crippen LogP contribution is 2.18. The molecule has 0 bridgehead atoms. The number of rotatable bonds is 4. The maximum absolute atomic E-state index is 11.8. The van der Waals surface area contributed by atoms with Crippen molar-refractivity contribution >= 4 is 0 Å². The lowest BCUT2D eigenvalue weighted by molar-refractivity contribution is 0.165. The molecule has 0 saturated carbocycles. The number of aromatic nitrogens is 1. The summed E-state index contributed by atoms with van der Waals surface area (Å²) in [5.74, 6) is 0. The van der Waals surface area contributed by atoms with E-state index in [2.05, 4.69) is 31.0 Å². The molecule has 2 atom stereocenters. The molecule has 0 aromatic carbocycles.